The molecule has 0 heterocycles. The van der Waals surface area contributed by atoms with Crippen LogP contribution in [0.4, 0.5) is 17.1 Å². The molecule has 8 aromatic carbocycles. The maximum absolute atomic E-state index is 2.49. The second kappa shape index (κ2) is 13.3. The average Bonchev–Trinajstić information content (AvgIpc) is 3.46. The molecule has 254 valence electrons. The van der Waals surface area contributed by atoms with Crippen molar-refractivity contribution in [1.29, 1.82) is 0 Å². The zero-order chi connectivity index (χ0) is 35.8. The van der Waals surface area contributed by atoms with Crippen molar-refractivity contribution < 1.29 is 0 Å². The summed E-state index contributed by atoms with van der Waals surface area (Å²) in [4.78, 5) is 2.35. The van der Waals surface area contributed by atoms with Crippen molar-refractivity contribution in [3.8, 4) is 22.3 Å². The highest BCUT2D eigenvalue weighted by Crippen LogP contribution is 2.52. The van der Waals surface area contributed by atoms with E-state index in [0.29, 0.717) is 0 Å². The first kappa shape index (κ1) is 32.5. The van der Waals surface area contributed by atoms with Gasteiger partial charge in [0.05, 0.1) is 5.41 Å². The Balaban J connectivity index is 1.22. The molecule has 1 nitrogen and oxygen atoms in total. The van der Waals surface area contributed by atoms with Gasteiger partial charge >= 0.3 is 0 Å². The Morgan fingerprint density at radius 1 is 0.340 bits per heavy atom. The lowest BCUT2D eigenvalue weighted by Gasteiger charge is -2.38. The van der Waals surface area contributed by atoms with E-state index in [1.165, 1.54) is 55.6 Å². The minimum absolute atomic E-state index is 0.114. The largest absolute Gasteiger partial charge is 0.311 e. The van der Waals surface area contributed by atoms with Crippen molar-refractivity contribution in [3.63, 3.8) is 0 Å². The highest BCUT2D eigenvalue weighted by atomic mass is 15.1. The van der Waals surface area contributed by atoms with Gasteiger partial charge in [-0.05, 0) is 92.0 Å². The maximum atomic E-state index is 2.49. The Labute approximate surface area is 313 Å². The molecule has 1 aliphatic carbocycles. The second-order valence-electron chi connectivity index (χ2n) is 14.5. The number of benzene rings is 8. The number of para-hydroxylation sites is 1. The molecule has 1 aliphatic rings. The van der Waals surface area contributed by atoms with Crippen LogP contribution in [0.3, 0.4) is 0 Å². The van der Waals surface area contributed by atoms with Gasteiger partial charge in [0.1, 0.15) is 0 Å². The van der Waals surface area contributed by atoms with Crippen molar-refractivity contribution in [2.75, 3.05) is 4.90 Å². The van der Waals surface area contributed by atoms with Gasteiger partial charge in [-0.25, -0.2) is 0 Å². The average molecular weight is 680 g/mol. The van der Waals surface area contributed by atoms with Crippen LogP contribution in [-0.2, 0) is 10.8 Å². The van der Waals surface area contributed by atoms with E-state index < -0.39 is 5.41 Å². The zero-order valence-electron chi connectivity index (χ0n) is 30.2. The van der Waals surface area contributed by atoms with Crippen LogP contribution < -0.4 is 4.90 Å². The van der Waals surface area contributed by atoms with Crippen molar-refractivity contribution in [2.24, 2.45) is 0 Å². The molecule has 0 saturated carbocycles. The van der Waals surface area contributed by atoms with E-state index >= 15 is 0 Å². The van der Waals surface area contributed by atoms with Crippen molar-refractivity contribution in [1.82, 2.24) is 0 Å². The first-order chi connectivity index (χ1) is 26.0. The topological polar surface area (TPSA) is 3.24 Å². The molecule has 0 unspecified atom stereocenters. The van der Waals surface area contributed by atoms with Gasteiger partial charge in [0.2, 0.25) is 0 Å². The van der Waals surface area contributed by atoms with Gasteiger partial charge in [-0.3, -0.25) is 0 Å². The molecular formula is C52H41N. The molecular weight excluding hydrogens is 639 g/mol. The van der Waals surface area contributed by atoms with E-state index in [-0.39, 0.29) is 5.41 Å². The van der Waals surface area contributed by atoms with Crippen molar-refractivity contribution in [3.05, 3.63) is 246 Å². The van der Waals surface area contributed by atoms with E-state index in [1.807, 2.05) is 0 Å². The van der Waals surface area contributed by atoms with Gasteiger partial charge in [-0.2, -0.15) is 0 Å². The molecule has 0 spiro atoms. The lowest BCUT2D eigenvalue weighted by molar-refractivity contribution is 0.654. The number of nitrogens with zero attached hydrogens (tertiary/aromatic N) is 1. The Morgan fingerprint density at radius 2 is 0.755 bits per heavy atom. The summed E-state index contributed by atoms with van der Waals surface area (Å²) in [6, 6.07) is 77.6. The standard InChI is InChI=1S/C52H41N/c1-51(2)49-26-16-15-25-47(49)48-36-31-43(37-50(48)51)52(40-19-9-4-10-20-40,41-21-11-5-12-22-41)42-29-34-46(35-30-42)53(44-23-13-6-14-24-44)45-32-27-39(28-33-45)38-17-7-3-8-18-38/h3-37H,1-2H3. The van der Waals surface area contributed by atoms with Crippen LogP contribution in [0.15, 0.2) is 212 Å². The predicted octanol–water partition coefficient (Wildman–Crippen LogP) is 13.5. The van der Waals surface area contributed by atoms with E-state index in [0.717, 1.165) is 17.1 Å². The van der Waals surface area contributed by atoms with Crippen LogP contribution in [0, 0.1) is 0 Å². The summed E-state index contributed by atoms with van der Waals surface area (Å²) in [7, 11) is 0. The highest BCUT2D eigenvalue weighted by molar-refractivity contribution is 5.82. The van der Waals surface area contributed by atoms with Crippen LogP contribution >= 0.6 is 0 Å². The molecule has 0 saturated heterocycles. The number of hydrogen-bond acceptors (Lipinski definition) is 1. The third-order valence-corrected chi connectivity index (χ3v) is 11.2. The fourth-order valence-corrected chi connectivity index (χ4v) is 8.63. The SMILES string of the molecule is CC1(C)c2ccccc2-c2ccc(C(c3ccccc3)(c3ccccc3)c3ccc(N(c4ccccc4)c4ccc(-c5ccccc5)cc4)cc3)cc21. The third-order valence-electron chi connectivity index (χ3n) is 11.2. The normalized spacial score (nSPS) is 12.9. The van der Waals surface area contributed by atoms with Gasteiger partial charge in [-0.1, -0.05) is 190 Å². The van der Waals surface area contributed by atoms with Crippen LogP contribution in [0.2, 0.25) is 0 Å². The monoisotopic (exact) mass is 679 g/mol. The molecule has 0 atom stereocenters. The molecule has 0 amide bonds. The second-order valence-corrected chi connectivity index (χ2v) is 14.5. The lowest BCUT2D eigenvalue weighted by Crippen LogP contribution is -2.31. The number of fused-ring (bicyclic) bond motifs is 3. The third kappa shape index (κ3) is 5.48. The summed E-state index contributed by atoms with van der Waals surface area (Å²) in [6.07, 6.45) is 0. The minimum atomic E-state index is -0.560. The van der Waals surface area contributed by atoms with Crippen LogP contribution in [-0.4, -0.2) is 0 Å². The Hall–Kier alpha value is -6.44. The highest BCUT2D eigenvalue weighted by Gasteiger charge is 2.41. The molecule has 9 rings (SSSR count). The first-order valence-electron chi connectivity index (χ1n) is 18.5. The Bertz CT molecular complexity index is 2440. The molecule has 0 radical (unpaired) electrons. The fourth-order valence-electron chi connectivity index (χ4n) is 8.63. The van der Waals surface area contributed by atoms with E-state index in [4.69, 9.17) is 0 Å². The summed E-state index contributed by atoms with van der Waals surface area (Å²) < 4.78 is 0. The van der Waals surface area contributed by atoms with E-state index in [1.54, 1.807) is 0 Å². The molecule has 53 heavy (non-hydrogen) atoms. The van der Waals surface area contributed by atoms with Crippen LogP contribution in [0.1, 0.15) is 47.2 Å². The van der Waals surface area contributed by atoms with Crippen molar-refractivity contribution >= 4 is 17.1 Å². The number of rotatable bonds is 8. The van der Waals surface area contributed by atoms with Crippen LogP contribution in [0.5, 0.6) is 0 Å². The number of hydrogen-bond donors (Lipinski definition) is 0. The summed E-state index contributed by atoms with van der Waals surface area (Å²) in [6.45, 7) is 4.74. The minimum Gasteiger partial charge on any atom is -0.311 e. The molecule has 8 aromatic rings. The maximum Gasteiger partial charge on any atom is 0.0701 e. The van der Waals surface area contributed by atoms with Gasteiger partial charge in [0, 0.05) is 22.5 Å². The van der Waals surface area contributed by atoms with Gasteiger partial charge in [0.15, 0.2) is 0 Å². The molecule has 0 bridgehead atoms. The van der Waals surface area contributed by atoms with Gasteiger partial charge in [0.25, 0.3) is 0 Å². The van der Waals surface area contributed by atoms with Crippen LogP contribution in [0.25, 0.3) is 22.3 Å². The van der Waals surface area contributed by atoms with E-state index in [2.05, 4.69) is 231 Å². The predicted molar refractivity (Wildman–Crippen MR) is 222 cm³/mol. The number of anilines is 3. The molecule has 0 aliphatic heterocycles. The smallest absolute Gasteiger partial charge is 0.0701 e. The molecule has 0 fully saturated rings. The van der Waals surface area contributed by atoms with Crippen molar-refractivity contribution in [2.45, 2.75) is 24.7 Å². The summed E-state index contributed by atoms with van der Waals surface area (Å²) in [5.74, 6) is 0. The zero-order valence-corrected chi connectivity index (χ0v) is 30.2. The fraction of sp³-hybridized carbons (Fsp3) is 0.0769. The Kier molecular flexibility index (Phi) is 8.13. The Morgan fingerprint density at radius 3 is 1.36 bits per heavy atom. The lowest BCUT2D eigenvalue weighted by atomic mass is 9.64. The molecule has 0 N–H and O–H groups in total. The summed E-state index contributed by atoms with van der Waals surface area (Å²) in [5, 5.41) is 0. The quantitative estimate of drug-likeness (QED) is 0.145. The molecule has 0 aromatic heterocycles. The summed E-state index contributed by atoms with van der Waals surface area (Å²) >= 11 is 0. The van der Waals surface area contributed by atoms with Gasteiger partial charge in [-0.15, -0.1) is 0 Å². The first-order valence-corrected chi connectivity index (χ1v) is 18.5. The van der Waals surface area contributed by atoms with Gasteiger partial charge < -0.3 is 4.90 Å². The molecule has 1 heteroatoms. The summed E-state index contributed by atoms with van der Waals surface area (Å²) in [5.41, 5.74) is 15.5. The van der Waals surface area contributed by atoms with E-state index in [9.17, 15) is 0 Å².